The zero-order chi connectivity index (χ0) is 9.68. The predicted molar refractivity (Wildman–Crippen MR) is 49.0 cm³/mol. The molecule has 4 nitrogen and oxygen atoms in total. The highest BCUT2D eigenvalue weighted by Gasteiger charge is 2.05. The van der Waals surface area contributed by atoms with Gasteiger partial charge in [-0.05, 0) is 13.1 Å². The first-order valence-corrected chi connectivity index (χ1v) is 3.94. The van der Waals surface area contributed by atoms with Crippen LogP contribution in [0.25, 0.3) is 0 Å². The number of hydrogen-bond acceptors (Lipinski definition) is 4. The monoisotopic (exact) mass is 180 g/mol. The first-order valence-electron chi connectivity index (χ1n) is 3.94. The van der Waals surface area contributed by atoms with E-state index in [1.165, 1.54) is 6.20 Å². The number of carbonyl (C=O) groups is 1. The van der Waals surface area contributed by atoms with Crippen molar-refractivity contribution >= 4 is 5.78 Å². The number of ketones is 1. The van der Waals surface area contributed by atoms with E-state index in [9.17, 15) is 4.79 Å². The molecule has 13 heavy (non-hydrogen) atoms. The second kappa shape index (κ2) is 4.57. The summed E-state index contributed by atoms with van der Waals surface area (Å²) >= 11 is 0. The van der Waals surface area contributed by atoms with Crippen molar-refractivity contribution in [1.29, 1.82) is 0 Å². The first kappa shape index (κ1) is 9.67. The third kappa shape index (κ3) is 2.52. The lowest BCUT2D eigenvalue weighted by Gasteiger charge is -2.02. The summed E-state index contributed by atoms with van der Waals surface area (Å²) in [5.41, 5.74) is 0.564. The van der Waals surface area contributed by atoms with Gasteiger partial charge in [0.15, 0.2) is 5.78 Å². The lowest BCUT2D eigenvalue weighted by molar-refractivity contribution is 0.0993. The van der Waals surface area contributed by atoms with Crippen LogP contribution in [0.2, 0.25) is 0 Å². The van der Waals surface area contributed by atoms with Gasteiger partial charge in [-0.1, -0.05) is 0 Å². The maximum Gasteiger partial charge on any atom is 0.178 e. The number of pyridine rings is 1. The second-order valence-corrected chi connectivity index (χ2v) is 2.57. The van der Waals surface area contributed by atoms with E-state index < -0.39 is 0 Å². The fourth-order valence-electron chi connectivity index (χ4n) is 0.946. The number of hydrogen-bond donors (Lipinski definition) is 1. The van der Waals surface area contributed by atoms with Crippen molar-refractivity contribution in [2.24, 2.45) is 0 Å². The number of carbonyl (C=O) groups excluding carboxylic acids is 1. The molecule has 1 rings (SSSR count). The largest absolute Gasteiger partial charge is 0.495 e. The summed E-state index contributed by atoms with van der Waals surface area (Å²) < 4.78 is 4.95. The second-order valence-electron chi connectivity index (χ2n) is 2.57. The molecular formula is C9H12N2O2. The van der Waals surface area contributed by atoms with Crippen molar-refractivity contribution < 1.29 is 9.53 Å². The Balaban J connectivity index is 2.82. The highest BCUT2D eigenvalue weighted by atomic mass is 16.5. The van der Waals surface area contributed by atoms with Gasteiger partial charge in [-0.15, -0.1) is 0 Å². The fourth-order valence-corrected chi connectivity index (χ4v) is 0.946. The number of rotatable bonds is 4. The van der Waals surface area contributed by atoms with Gasteiger partial charge in [0, 0.05) is 11.8 Å². The molecule has 0 aliphatic carbocycles. The van der Waals surface area contributed by atoms with Gasteiger partial charge >= 0.3 is 0 Å². The molecule has 0 saturated carbocycles. The van der Waals surface area contributed by atoms with Crippen LogP contribution < -0.4 is 10.1 Å². The molecule has 1 aromatic heterocycles. The van der Waals surface area contributed by atoms with Crippen LogP contribution in [-0.4, -0.2) is 31.5 Å². The molecular weight excluding hydrogens is 168 g/mol. The Kier molecular flexibility index (Phi) is 3.40. The average molecular weight is 180 g/mol. The zero-order valence-electron chi connectivity index (χ0n) is 7.70. The van der Waals surface area contributed by atoms with Gasteiger partial charge < -0.3 is 10.1 Å². The molecule has 0 amide bonds. The van der Waals surface area contributed by atoms with E-state index in [0.717, 1.165) is 0 Å². The summed E-state index contributed by atoms with van der Waals surface area (Å²) in [6.07, 6.45) is 3.10. The molecule has 70 valence electrons. The van der Waals surface area contributed by atoms with E-state index in [0.29, 0.717) is 17.9 Å². The Bertz CT molecular complexity index is 299. The van der Waals surface area contributed by atoms with Crippen molar-refractivity contribution in [1.82, 2.24) is 10.3 Å². The fraction of sp³-hybridized carbons (Fsp3) is 0.333. The molecule has 0 saturated heterocycles. The quantitative estimate of drug-likeness (QED) is 0.685. The number of aromatic nitrogens is 1. The molecule has 0 aliphatic rings. The van der Waals surface area contributed by atoms with Crippen molar-refractivity contribution in [2.75, 3.05) is 20.7 Å². The van der Waals surface area contributed by atoms with Gasteiger partial charge in [0.25, 0.3) is 0 Å². The highest BCUT2D eigenvalue weighted by Crippen LogP contribution is 2.10. The summed E-state index contributed by atoms with van der Waals surface area (Å²) in [6.45, 7) is 0.314. The van der Waals surface area contributed by atoms with E-state index in [-0.39, 0.29) is 5.78 Å². The molecule has 0 spiro atoms. The number of ether oxygens (including phenoxy) is 1. The van der Waals surface area contributed by atoms with Crippen molar-refractivity contribution in [3.63, 3.8) is 0 Å². The molecule has 1 aromatic rings. The Morgan fingerprint density at radius 1 is 1.62 bits per heavy atom. The maximum atomic E-state index is 11.4. The topological polar surface area (TPSA) is 51.2 Å². The molecule has 0 fully saturated rings. The third-order valence-electron chi connectivity index (χ3n) is 1.61. The predicted octanol–water partition coefficient (Wildman–Crippen LogP) is 0.492. The van der Waals surface area contributed by atoms with Crippen LogP contribution in [0.15, 0.2) is 18.5 Å². The molecule has 0 atom stereocenters. The summed E-state index contributed by atoms with van der Waals surface area (Å²) in [7, 11) is 3.27. The summed E-state index contributed by atoms with van der Waals surface area (Å²) in [5.74, 6) is 0.607. The number of nitrogens with one attached hydrogen (secondary N) is 1. The van der Waals surface area contributed by atoms with Crippen molar-refractivity contribution in [2.45, 2.75) is 0 Å². The lowest BCUT2D eigenvalue weighted by Crippen LogP contribution is -2.18. The molecule has 4 heteroatoms. The normalized spacial score (nSPS) is 9.69. The molecule has 0 aliphatic heterocycles. The minimum absolute atomic E-state index is 0.00824. The Hall–Kier alpha value is -1.42. The minimum Gasteiger partial charge on any atom is -0.495 e. The number of nitrogens with zero attached hydrogens (tertiary/aromatic N) is 1. The van der Waals surface area contributed by atoms with Gasteiger partial charge in [0.05, 0.1) is 19.9 Å². The van der Waals surface area contributed by atoms with Crippen LogP contribution >= 0.6 is 0 Å². The maximum absolute atomic E-state index is 11.4. The Morgan fingerprint density at radius 2 is 2.38 bits per heavy atom. The van der Waals surface area contributed by atoms with Crippen molar-refractivity contribution in [3.05, 3.63) is 24.0 Å². The van der Waals surface area contributed by atoms with Gasteiger partial charge in [-0.25, -0.2) is 0 Å². The molecule has 0 unspecified atom stereocenters. The van der Waals surface area contributed by atoms with Crippen LogP contribution in [0, 0.1) is 0 Å². The number of Topliss-reactive ketones (excluding diaryl/α,β-unsaturated/α-hetero) is 1. The molecule has 0 aromatic carbocycles. The zero-order valence-corrected chi connectivity index (χ0v) is 7.70. The number of likely N-dealkylation sites (N-methyl/N-ethyl adjacent to an activating group) is 1. The molecule has 1 heterocycles. The standard InChI is InChI=1S/C9H12N2O2/c1-10-6-9(12)7-3-8(13-2)5-11-4-7/h3-5,10H,6H2,1-2H3. The molecule has 0 radical (unpaired) electrons. The van der Waals surface area contributed by atoms with E-state index in [1.807, 2.05) is 0 Å². The molecule has 0 bridgehead atoms. The summed E-state index contributed by atoms with van der Waals surface area (Å²) in [6, 6.07) is 1.67. The minimum atomic E-state index is 0.00824. The first-order chi connectivity index (χ1) is 6.27. The van der Waals surface area contributed by atoms with Crippen LogP contribution in [0.1, 0.15) is 10.4 Å². The van der Waals surface area contributed by atoms with Gasteiger partial charge in [0.1, 0.15) is 5.75 Å². The van der Waals surface area contributed by atoms with Crippen LogP contribution in [0.5, 0.6) is 5.75 Å². The number of methoxy groups -OCH3 is 1. The average Bonchev–Trinajstić information content (AvgIpc) is 2.18. The van der Waals surface area contributed by atoms with E-state index >= 15 is 0 Å². The van der Waals surface area contributed by atoms with Crippen LogP contribution in [-0.2, 0) is 0 Å². The Labute approximate surface area is 76.9 Å². The lowest BCUT2D eigenvalue weighted by atomic mass is 10.2. The summed E-state index contributed by atoms with van der Waals surface area (Å²) in [4.78, 5) is 15.2. The third-order valence-corrected chi connectivity index (χ3v) is 1.61. The Morgan fingerprint density at radius 3 is 3.00 bits per heavy atom. The van der Waals surface area contributed by atoms with Gasteiger partial charge in [-0.2, -0.15) is 0 Å². The van der Waals surface area contributed by atoms with E-state index in [4.69, 9.17) is 4.74 Å². The SMILES string of the molecule is CNCC(=O)c1cncc(OC)c1. The van der Waals surface area contributed by atoms with Crippen LogP contribution in [0.3, 0.4) is 0 Å². The highest BCUT2D eigenvalue weighted by molar-refractivity contribution is 5.97. The van der Waals surface area contributed by atoms with E-state index in [1.54, 1.807) is 26.4 Å². The van der Waals surface area contributed by atoms with Gasteiger partial charge in [-0.3, -0.25) is 9.78 Å². The van der Waals surface area contributed by atoms with Gasteiger partial charge in [0.2, 0.25) is 0 Å². The van der Waals surface area contributed by atoms with Crippen molar-refractivity contribution in [3.8, 4) is 5.75 Å². The summed E-state index contributed by atoms with van der Waals surface area (Å²) in [5, 5.41) is 2.79. The smallest absolute Gasteiger partial charge is 0.178 e. The molecule has 1 N–H and O–H groups in total. The van der Waals surface area contributed by atoms with E-state index in [2.05, 4.69) is 10.3 Å². The van der Waals surface area contributed by atoms with Crippen LogP contribution in [0.4, 0.5) is 0 Å².